The summed E-state index contributed by atoms with van der Waals surface area (Å²) in [6, 6.07) is 3.86. The number of Topliss-reactive ketones (excluding diaryl/α,β-unsaturated/α-hetero) is 1. The third kappa shape index (κ3) is 5.95. The fourth-order valence-corrected chi connectivity index (χ4v) is 4.56. The molecule has 2 aliphatic rings. The maximum atomic E-state index is 12.7. The van der Waals surface area contributed by atoms with E-state index < -0.39 is 0 Å². The van der Waals surface area contributed by atoms with Crippen molar-refractivity contribution >= 4 is 34.7 Å². The average molecular weight is 463 g/mol. The molecule has 0 radical (unpaired) electrons. The van der Waals surface area contributed by atoms with Gasteiger partial charge in [0.05, 0.1) is 10.7 Å². The van der Waals surface area contributed by atoms with Crippen LogP contribution in [0.2, 0.25) is 10.2 Å². The lowest BCUT2D eigenvalue weighted by Gasteiger charge is -2.23. The van der Waals surface area contributed by atoms with Crippen molar-refractivity contribution in [1.29, 1.82) is 0 Å². The summed E-state index contributed by atoms with van der Waals surface area (Å²) < 4.78 is 5.43. The molecule has 0 aromatic carbocycles. The molecule has 31 heavy (non-hydrogen) atoms. The highest BCUT2D eigenvalue weighted by atomic mass is 35.5. The molecule has 6 nitrogen and oxygen atoms in total. The Morgan fingerprint density at radius 2 is 2.00 bits per heavy atom. The predicted octanol–water partition coefficient (Wildman–Crippen LogP) is 4.40. The number of hydrogen-bond donors (Lipinski definition) is 2. The number of nitrogens with one attached hydrogen (secondary N) is 2. The molecule has 0 amide bonds. The molecule has 4 heterocycles. The Labute approximate surface area is 193 Å². The highest BCUT2D eigenvalue weighted by Gasteiger charge is 2.22. The third-order valence-corrected chi connectivity index (χ3v) is 6.69. The van der Waals surface area contributed by atoms with Crippen LogP contribution in [0, 0.1) is 11.8 Å². The number of carbonyl (C=O) groups excluding carboxylic acids is 1. The van der Waals surface area contributed by atoms with Gasteiger partial charge in [0, 0.05) is 67.9 Å². The monoisotopic (exact) mass is 462 g/mol. The summed E-state index contributed by atoms with van der Waals surface area (Å²) >= 11 is 12.8. The van der Waals surface area contributed by atoms with Crippen LogP contribution in [-0.4, -0.2) is 48.6 Å². The molecule has 4 rings (SSSR count). The predicted molar refractivity (Wildman–Crippen MR) is 124 cm³/mol. The van der Waals surface area contributed by atoms with Gasteiger partial charge in [-0.3, -0.25) is 9.78 Å². The second kappa shape index (κ2) is 10.7. The van der Waals surface area contributed by atoms with Gasteiger partial charge in [0.1, 0.15) is 5.78 Å². The highest BCUT2D eigenvalue weighted by Crippen LogP contribution is 2.32. The SMILES string of the molecule is O=C(Cc1cc(-c2cnc(Cl)c(NCC3CCOCC3)c2)c(Cl)cn1)[C@@H]1CCCNC1. The lowest BCUT2D eigenvalue weighted by Crippen LogP contribution is -2.35. The van der Waals surface area contributed by atoms with Gasteiger partial charge in [-0.15, -0.1) is 0 Å². The number of ketones is 1. The van der Waals surface area contributed by atoms with Gasteiger partial charge in [-0.05, 0) is 50.3 Å². The molecule has 2 aliphatic heterocycles. The zero-order valence-corrected chi connectivity index (χ0v) is 19.0. The van der Waals surface area contributed by atoms with Crippen LogP contribution in [0.15, 0.2) is 24.5 Å². The standard InChI is InChI=1S/C23H28Cl2N4O2/c24-20-14-27-18(10-22(30)16-2-1-5-26-12-16)9-19(20)17-8-21(23(25)29-13-17)28-11-15-3-6-31-7-4-15/h8-9,13-16,26,28H,1-7,10-12H2/t16-/m1/s1. The molecule has 0 unspecified atom stereocenters. The van der Waals surface area contributed by atoms with Gasteiger partial charge >= 0.3 is 0 Å². The molecule has 2 aromatic rings. The summed E-state index contributed by atoms with van der Waals surface area (Å²) in [5, 5.41) is 7.69. The number of rotatable bonds is 7. The second-order valence-electron chi connectivity index (χ2n) is 8.34. The van der Waals surface area contributed by atoms with Crippen LogP contribution in [0.4, 0.5) is 5.69 Å². The lowest BCUT2D eigenvalue weighted by molar-refractivity contribution is -0.122. The number of carbonyl (C=O) groups is 1. The summed E-state index contributed by atoms with van der Waals surface area (Å²) in [7, 11) is 0. The molecule has 0 saturated carbocycles. The van der Waals surface area contributed by atoms with Crippen LogP contribution >= 0.6 is 23.2 Å². The van der Waals surface area contributed by atoms with Gasteiger partial charge in [-0.25, -0.2) is 4.98 Å². The molecule has 0 spiro atoms. The smallest absolute Gasteiger partial charge is 0.152 e. The van der Waals surface area contributed by atoms with Crippen molar-refractivity contribution in [2.45, 2.75) is 32.1 Å². The van der Waals surface area contributed by atoms with E-state index in [1.54, 1.807) is 12.4 Å². The van der Waals surface area contributed by atoms with Gasteiger partial charge in [0.25, 0.3) is 0 Å². The molecular formula is C23H28Cl2N4O2. The maximum Gasteiger partial charge on any atom is 0.152 e. The van der Waals surface area contributed by atoms with Gasteiger partial charge < -0.3 is 15.4 Å². The first-order chi connectivity index (χ1) is 15.1. The minimum atomic E-state index is 0.0628. The van der Waals surface area contributed by atoms with Crippen molar-refractivity contribution in [3.63, 3.8) is 0 Å². The van der Waals surface area contributed by atoms with E-state index in [-0.39, 0.29) is 11.7 Å². The Morgan fingerprint density at radius 1 is 1.16 bits per heavy atom. The van der Waals surface area contributed by atoms with Crippen molar-refractivity contribution in [1.82, 2.24) is 15.3 Å². The maximum absolute atomic E-state index is 12.7. The van der Waals surface area contributed by atoms with Gasteiger partial charge in [0.2, 0.25) is 0 Å². The highest BCUT2D eigenvalue weighted by molar-refractivity contribution is 6.33. The second-order valence-corrected chi connectivity index (χ2v) is 9.11. The number of hydrogen-bond acceptors (Lipinski definition) is 6. The van der Waals surface area contributed by atoms with Gasteiger partial charge in [0.15, 0.2) is 5.15 Å². The van der Waals surface area contributed by atoms with E-state index in [0.717, 1.165) is 81.0 Å². The Balaban J connectivity index is 1.48. The molecular weight excluding hydrogens is 435 g/mol. The topological polar surface area (TPSA) is 76.1 Å². The molecule has 1 atom stereocenters. The Bertz CT molecular complexity index is 912. The third-order valence-electron chi connectivity index (χ3n) is 6.09. The normalized spacial score (nSPS) is 19.9. The summed E-state index contributed by atoms with van der Waals surface area (Å²) in [6.45, 7) is 4.18. The van der Waals surface area contributed by atoms with E-state index in [1.807, 2.05) is 12.1 Å². The Kier molecular flexibility index (Phi) is 7.77. The van der Waals surface area contributed by atoms with Crippen LogP contribution in [0.25, 0.3) is 11.1 Å². The Morgan fingerprint density at radius 3 is 2.77 bits per heavy atom. The molecule has 2 aromatic heterocycles. The van der Waals surface area contributed by atoms with Crippen LogP contribution in [0.5, 0.6) is 0 Å². The number of halogens is 2. The molecule has 8 heteroatoms. The zero-order valence-electron chi connectivity index (χ0n) is 17.5. The van der Waals surface area contributed by atoms with Gasteiger partial charge in [-0.2, -0.15) is 0 Å². The van der Waals surface area contributed by atoms with E-state index in [4.69, 9.17) is 27.9 Å². The average Bonchev–Trinajstić information content (AvgIpc) is 2.81. The molecule has 2 N–H and O–H groups in total. The lowest BCUT2D eigenvalue weighted by atomic mass is 9.92. The van der Waals surface area contributed by atoms with E-state index in [2.05, 4.69) is 20.6 Å². The van der Waals surface area contributed by atoms with E-state index in [9.17, 15) is 4.79 Å². The molecule has 2 fully saturated rings. The molecule has 0 aliphatic carbocycles. The van der Waals surface area contributed by atoms with Gasteiger partial charge in [-0.1, -0.05) is 23.2 Å². The molecule has 2 saturated heterocycles. The van der Waals surface area contributed by atoms with E-state index in [1.165, 1.54) is 0 Å². The number of aromatic nitrogens is 2. The largest absolute Gasteiger partial charge is 0.382 e. The van der Waals surface area contributed by atoms with Crippen LogP contribution in [-0.2, 0) is 16.0 Å². The molecule has 0 bridgehead atoms. The van der Waals surface area contributed by atoms with Crippen molar-refractivity contribution in [3.05, 3.63) is 40.4 Å². The number of ether oxygens (including phenoxy) is 1. The minimum Gasteiger partial charge on any atom is -0.382 e. The van der Waals surface area contributed by atoms with Crippen LogP contribution in [0.1, 0.15) is 31.4 Å². The van der Waals surface area contributed by atoms with Crippen molar-refractivity contribution in [2.24, 2.45) is 11.8 Å². The summed E-state index contributed by atoms with van der Waals surface area (Å²) in [4.78, 5) is 21.4. The fraction of sp³-hybridized carbons (Fsp3) is 0.522. The molecule has 166 valence electrons. The number of pyridine rings is 2. The van der Waals surface area contributed by atoms with Crippen LogP contribution in [0.3, 0.4) is 0 Å². The van der Waals surface area contributed by atoms with E-state index >= 15 is 0 Å². The number of piperidine rings is 1. The first kappa shape index (κ1) is 22.5. The van der Waals surface area contributed by atoms with E-state index in [0.29, 0.717) is 22.5 Å². The number of anilines is 1. The zero-order chi connectivity index (χ0) is 21.6. The quantitative estimate of drug-likeness (QED) is 0.593. The summed E-state index contributed by atoms with van der Waals surface area (Å²) in [5.41, 5.74) is 3.16. The first-order valence-electron chi connectivity index (χ1n) is 11.0. The summed E-state index contributed by atoms with van der Waals surface area (Å²) in [5.74, 6) is 0.846. The fourth-order valence-electron chi connectivity index (χ4n) is 4.17. The van der Waals surface area contributed by atoms with Crippen molar-refractivity contribution in [2.75, 3.05) is 38.2 Å². The first-order valence-corrected chi connectivity index (χ1v) is 11.7. The Hall–Kier alpha value is -1.73. The minimum absolute atomic E-state index is 0.0628. The van der Waals surface area contributed by atoms with Crippen molar-refractivity contribution in [3.8, 4) is 11.1 Å². The van der Waals surface area contributed by atoms with Crippen LogP contribution < -0.4 is 10.6 Å². The summed E-state index contributed by atoms with van der Waals surface area (Å²) in [6.07, 6.45) is 7.70. The van der Waals surface area contributed by atoms with Crippen molar-refractivity contribution < 1.29 is 9.53 Å². The number of nitrogens with zero attached hydrogens (tertiary/aromatic N) is 2.